The van der Waals surface area contributed by atoms with E-state index in [1.807, 2.05) is 6.92 Å². The molecule has 3 aromatic rings. The van der Waals surface area contributed by atoms with Crippen LogP contribution < -0.4 is 15.0 Å². The summed E-state index contributed by atoms with van der Waals surface area (Å²) in [6.07, 6.45) is 1.44. The zero-order valence-electron chi connectivity index (χ0n) is 20.6. The largest absolute Gasteiger partial charge is 0.507 e. The zero-order valence-corrected chi connectivity index (χ0v) is 20.6. The van der Waals surface area contributed by atoms with Crippen LogP contribution in [0.5, 0.6) is 5.75 Å². The van der Waals surface area contributed by atoms with Gasteiger partial charge in [0.1, 0.15) is 23.3 Å². The van der Waals surface area contributed by atoms with Gasteiger partial charge in [-0.15, -0.1) is 0 Å². The second-order valence-corrected chi connectivity index (χ2v) is 9.10. The first-order valence-electron chi connectivity index (χ1n) is 11.6. The molecule has 1 aromatic heterocycles. The monoisotopic (exact) mass is 488 g/mol. The summed E-state index contributed by atoms with van der Waals surface area (Å²) in [5.74, 6) is -0.774. The Labute approximate surface area is 209 Å². The number of ether oxygens (including phenoxy) is 1. The van der Waals surface area contributed by atoms with Gasteiger partial charge in [-0.2, -0.15) is 0 Å². The quantitative estimate of drug-likeness (QED) is 0.269. The minimum Gasteiger partial charge on any atom is -0.507 e. The fourth-order valence-corrected chi connectivity index (χ4v) is 4.09. The number of hydrogen-bond donors (Lipinski definition) is 2. The fourth-order valence-electron chi connectivity index (χ4n) is 4.09. The van der Waals surface area contributed by atoms with Gasteiger partial charge in [0.2, 0.25) is 5.91 Å². The maximum Gasteiger partial charge on any atom is 0.300 e. The highest BCUT2D eigenvalue weighted by atomic mass is 16.5. The number of nitrogens with one attached hydrogen (secondary N) is 1. The van der Waals surface area contributed by atoms with Crippen LogP contribution in [0.25, 0.3) is 5.76 Å². The molecule has 0 aliphatic carbocycles. The van der Waals surface area contributed by atoms with Crippen LogP contribution in [-0.4, -0.2) is 29.3 Å². The Bertz CT molecular complexity index is 1320. The Morgan fingerprint density at radius 2 is 1.86 bits per heavy atom. The number of ketones is 1. The number of furan rings is 1. The van der Waals surface area contributed by atoms with Gasteiger partial charge in [0.25, 0.3) is 11.7 Å². The minimum absolute atomic E-state index is 0.0730. The highest BCUT2D eigenvalue weighted by Crippen LogP contribution is 2.42. The van der Waals surface area contributed by atoms with Crippen LogP contribution in [0.4, 0.5) is 11.4 Å². The lowest BCUT2D eigenvalue weighted by molar-refractivity contribution is -0.132. The molecule has 8 nitrogen and oxygen atoms in total. The number of nitrogens with zero attached hydrogens (tertiary/aromatic N) is 1. The van der Waals surface area contributed by atoms with Gasteiger partial charge in [0.15, 0.2) is 0 Å². The van der Waals surface area contributed by atoms with Gasteiger partial charge in [-0.05, 0) is 73.0 Å². The average molecular weight is 489 g/mol. The molecule has 0 radical (unpaired) electrons. The lowest BCUT2D eigenvalue weighted by Gasteiger charge is -2.23. The number of hydrogen-bond acceptors (Lipinski definition) is 6. The van der Waals surface area contributed by atoms with E-state index in [4.69, 9.17) is 9.15 Å². The molecule has 2 heterocycles. The zero-order chi connectivity index (χ0) is 26.0. The molecular weight excluding hydrogens is 460 g/mol. The van der Waals surface area contributed by atoms with E-state index in [0.29, 0.717) is 41.0 Å². The Kier molecular flexibility index (Phi) is 6.96. The molecule has 4 rings (SSSR count). The second-order valence-electron chi connectivity index (χ2n) is 9.10. The average Bonchev–Trinajstić information content (AvgIpc) is 3.45. The molecular formula is C28H28N2O6. The third-order valence-electron chi connectivity index (χ3n) is 5.74. The number of carbonyl (C=O) groups excluding carboxylic acids is 3. The Morgan fingerprint density at radius 1 is 1.14 bits per heavy atom. The predicted molar refractivity (Wildman–Crippen MR) is 136 cm³/mol. The maximum absolute atomic E-state index is 13.2. The van der Waals surface area contributed by atoms with Gasteiger partial charge in [0.05, 0.1) is 18.4 Å². The molecule has 2 N–H and O–H groups in total. The highest BCUT2D eigenvalue weighted by Gasteiger charge is 2.48. The molecule has 1 atom stereocenters. The standard InChI is InChI=1S/C28H28N2O6/c1-16(2)15-36-22-12-7-19(14-17(22)3)26(32)24-25(23-6-5-13-35-23)30(28(34)27(24)33)21-10-8-20(9-11-21)29-18(4)31/h5-14,16,25,32H,15H2,1-4H3,(H,29,31)/b26-24-. The number of anilines is 2. The molecule has 186 valence electrons. The number of benzene rings is 2. The van der Waals surface area contributed by atoms with Crippen LogP contribution in [-0.2, 0) is 14.4 Å². The van der Waals surface area contributed by atoms with Gasteiger partial charge in [-0.1, -0.05) is 13.8 Å². The molecule has 0 bridgehead atoms. The summed E-state index contributed by atoms with van der Waals surface area (Å²) in [6.45, 7) is 7.91. The molecule has 1 unspecified atom stereocenters. The molecule has 36 heavy (non-hydrogen) atoms. The molecule has 1 fully saturated rings. The smallest absolute Gasteiger partial charge is 0.300 e. The topological polar surface area (TPSA) is 109 Å². The van der Waals surface area contributed by atoms with Crippen LogP contribution in [0.3, 0.4) is 0 Å². The predicted octanol–water partition coefficient (Wildman–Crippen LogP) is 5.21. The first kappa shape index (κ1) is 24.8. The fraction of sp³-hybridized carbons (Fsp3) is 0.250. The summed E-state index contributed by atoms with van der Waals surface area (Å²) >= 11 is 0. The summed E-state index contributed by atoms with van der Waals surface area (Å²) in [5.41, 5.74) is 2.07. The van der Waals surface area contributed by atoms with E-state index in [1.165, 1.54) is 18.1 Å². The molecule has 2 amide bonds. The van der Waals surface area contributed by atoms with Gasteiger partial charge in [-0.25, -0.2) is 0 Å². The Balaban J connectivity index is 1.77. The van der Waals surface area contributed by atoms with Crippen molar-refractivity contribution in [1.82, 2.24) is 0 Å². The summed E-state index contributed by atoms with van der Waals surface area (Å²) < 4.78 is 11.4. The second kappa shape index (κ2) is 10.1. The third-order valence-corrected chi connectivity index (χ3v) is 5.74. The van der Waals surface area contributed by atoms with Crippen LogP contribution in [0, 0.1) is 12.8 Å². The number of aliphatic hydroxyl groups excluding tert-OH is 1. The first-order valence-corrected chi connectivity index (χ1v) is 11.6. The first-order chi connectivity index (χ1) is 17.2. The summed E-state index contributed by atoms with van der Waals surface area (Å²) in [6, 6.07) is 14.0. The van der Waals surface area contributed by atoms with Crippen LogP contribution >= 0.6 is 0 Å². The van der Waals surface area contributed by atoms with E-state index in [0.717, 1.165) is 5.56 Å². The van der Waals surface area contributed by atoms with Crippen LogP contribution in [0.1, 0.15) is 43.7 Å². The van der Waals surface area contributed by atoms with E-state index in [2.05, 4.69) is 19.2 Å². The van der Waals surface area contributed by atoms with Crippen molar-refractivity contribution >= 4 is 34.7 Å². The summed E-state index contributed by atoms with van der Waals surface area (Å²) in [5, 5.41) is 13.9. The Hall–Kier alpha value is -4.33. The normalized spacial score (nSPS) is 17.0. The van der Waals surface area contributed by atoms with E-state index in [1.54, 1.807) is 54.6 Å². The van der Waals surface area contributed by atoms with Crippen LogP contribution in [0.15, 0.2) is 70.9 Å². The third kappa shape index (κ3) is 4.88. The van der Waals surface area contributed by atoms with Gasteiger partial charge < -0.3 is 19.6 Å². The molecule has 1 aliphatic rings. The van der Waals surface area contributed by atoms with Crippen molar-refractivity contribution in [3.05, 3.63) is 83.3 Å². The van der Waals surface area contributed by atoms with Gasteiger partial charge in [-0.3, -0.25) is 19.3 Å². The molecule has 8 heteroatoms. The van der Waals surface area contributed by atoms with Crippen molar-refractivity contribution in [2.75, 3.05) is 16.8 Å². The molecule has 0 saturated carbocycles. The van der Waals surface area contributed by atoms with Crippen molar-refractivity contribution in [3.63, 3.8) is 0 Å². The van der Waals surface area contributed by atoms with Crippen molar-refractivity contribution in [2.45, 2.75) is 33.7 Å². The number of aliphatic hydroxyl groups is 1. The number of aryl methyl sites for hydroxylation is 1. The number of amides is 2. The van der Waals surface area contributed by atoms with E-state index in [9.17, 15) is 19.5 Å². The van der Waals surface area contributed by atoms with E-state index in [-0.39, 0.29) is 17.2 Å². The van der Waals surface area contributed by atoms with E-state index < -0.39 is 17.7 Å². The van der Waals surface area contributed by atoms with Crippen molar-refractivity contribution < 1.29 is 28.6 Å². The number of carbonyl (C=O) groups is 3. The molecule has 1 aliphatic heterocycles. The highest BCUT2D eigenvalue weighted by molar-refractivity contribution is 6.51. The van der Waals surface area contributed by atoms with Crippen molar-refractivity contribution in [1.29, 1.82) is 0 Å². The number of Topliss-reactive ketones (excluding diaryl/α,β-unsaturated/α-hetero) is 1. The van der Waals surface area contributed by atoms with Crippen molar-refractivity contribution in [3.8, 4) is 5.75 Å². The maximum atomic E-state index is 13.2. The van der Waals surface area contributed by atoms with Gasteiger partial charge in [0, 0.05) is 23.9 Å². The van der Waals surface area contributed by atoms with E-state index >= 15 is 0 Å². The SMILES string of the molecule is CC(=O)Nc1ccc(N2C(=O)C(=O)/C(=C(\O)c3ccc(OCC(C)C)c(C)c3)C2c2ccco2)cc1. The van der Waals surface area contributed by atoms with Crippen molar-refractivity contribution in [2.24, 2.45) is 5.92 Å². The molecule has 1 saturated heterocycles. The Morgan fingerprint density at radius 3 is 2.44 bits per heavy atom. The lowest BCUT2D eigenvalue weighted by Crippen LogP contribution is -2.29. The molecule has 2 aromatic carbocycles. The summed E-state index contributed by atoms with van der Waals surface area (Å²) in [7, 11) is 0. The summed E-state index contributed by atoms with van der Waals surface area (Å²) in [4.78, 5) is 39.0. The molecule has 0 spiro atoms. The number of rotatable bonds is 7. The minimum atomic E-state index is -0.969. The van der Waals surface area contributed by atoms with Crippen LogP contribution in [0.2, 0.25) is 0 Å². The van der Waals surface area contributed by atoms with Gasteiger partial charge >= 0.3 is 0 Å². The lowest BCUT2D eigenvalue weighted by atomic mass is 9.98.